The summed E-state index contributed by atoms with van der Waals surface area (Å²) in [6.07, 6.45) is 5.38. The zero-order valence-electron chi connectivity index (χ0n) is 15.6. The zero-order valence-corrected chi connectivity index (χ0v) is 16.4. The van der Waals surface area contributed by atoms with Crippen LogP contribution in [0, 0.1) is 0 Å². The fraction of sp³-hybridized carbons (Fsp3) is 0.421. The highest BCUT2D eigenvalue weighted by molar-refractivity contribution is 8.00. The maximum Gasteiger partial charge on any atom is 0.321 e. The molecule has 1 aliphatic rings. The molecule has 9 heteroatoms. The molecule has 146 valence electrons. The first-order valence-electron chi connectivity index (χ1n) is 9.49. The molecule has 0 bridgehead atoms. The van der Waals surface area contributed by atoms with E-state index in [1.54, 1.807) is 6.92 Å². The molecule has 1 saturated carbocycles. The minimum atomic E-state index is -0.527. The van der Waals surface area contributed by atoms with Crippen molar-refractivity contribution in [3.05, 3.63) is 24.3 Å². The van der Waals surface area contributed by atoms with Gasteiger partial charge in [0.2, 0.25) is 11.1 Å². The predicted octanol–water partition coefficient (Wildman–Crippen LogP) is 3.15. The van der Waals surface area contributed by atoms with Crippen LogP contribution in [-0.2, 0) is 4.79 Å². The van der Waals surface area contributed by atoms with E-state index >= 15 is 0 Å². The SMILES string of the molecule is C[C@@H](Sc1nnc2c(n1)[nH]c1ccccc12)C(=O)NC(=O)NC1CCCCC1. The van der Waals surface area contributed by atoms with E-state index in [1.807, 2.05) is 24.3 Å². The lowest BCUT2D eigenvalue weighted by molar-refractivity contribution is -0.119. The Labute approximate surface area is 166 Å². The summed E-state index contributed by atoms with van der Waals surface area (Å²) in [7, 11) is 0. The minimum Gasteiger partial charge on any atom is -0.338 e. The highest BCUT2D eigenvalue weighted by Crippen LogP contribution is 2.25. The number of rotatable bonds is 4. The third-order valence-electron chi connectivity index (χ3n) is 4.93. The quantitative estimate of drug-likeness (QED) is 0.582. The molecule has 0 spiro atoms. The largest absolute Gasteiger partial charge is 0.338 e. The molecule has 0 radical (unpaired) electrons. The standard InChI is InChI=1S/C19H22N6O2S/c1-11(17(26)23-18(27)20-12-7-3-2-4-8-12)28-19-22-16-15(24-25-19)13-9-5-6-10-14(13)21-16/h5-6,9-12H,2-4,7-8H2,1H3,(H,21,22,25)(H2,20,23,26,27)/t11-/m1/s1. The first-order chi connectivity index (χ1) is 13.6. The molecule has 0 aliphatic heterocycles. The van der Waals surface area contributed by atoms with E-state index in [9.17, 15) is 9.59 Å². The van der Waals surface area contributed by atoms with Gasteiger partial charge in [0.05, 0.1) is 5.25 Å². The van der Waals surface area contributed by atoms with E-state index in [0.717, 1.165) is 36.6 Å². The third kappa shape index (κ3) is 4.09. The van der Waals surface area contributed by atoms with E-state index in [1.165, 1.54) is 18.2 Å². The van der Waals surface area contributed by atoms with Crippen molar-refractivity contribution in [2.75, 3.05) is 0 Å². The Morgan fingerprint density at radius 1 is 1.18 bits per heavy atom. The van der Waals surface area contributed by atoms with Gasteiger partial charge in [-0.15, -0.1) is 10.2 Å². The molecule has 2 aromatic heterocycles. The predicted molar refractivity (Wildman–Crippen MR) is 108 cm³/mol. The first kappa shape index (κ1) is 18.7. The number of hydrogen-bond donors (Lipinski definition) is 3. The van der Waals surface area contributed by atoms with Crippen LogP contribution in [0.25, 0.3) is 22.1 Å². The summed E-state index contributed by atoms with van der Waals surface area (Å²) in [4.78, 5) is 32.0. The highest BCUT2D eigenvalue weighted by atomic mass is 32.2. The summed E-state index contributed by atoms with van der Waals surface area (Å²) in [5.41, 5.74) is 2.26. The number of aromatic nitrogens is 4. The number of benzene rings is 1. The summed E-state index contributed by atoms with van der Waals surface area (Å²) in [5, 5.41) is 14.5. The lowest BCUT2D eigenvalue weighted by Crippen LogP contribution is -2.47. The van der Waals surface area contributed by atoms with Gasteiger partial charge in [-0.1, -0.05) is 49.2 Å². The van der Waals surface area contributed by atoms with Gasteiger partial charge in [0.15, 0.2) is 5.65 Å². The lowest BCUT2D eigenvalue weighted by atomic mass is 9.96. The third-order valence-corrected chi connectivity index (χ3v) is 5.88. The van der Waals surface area contributed by atoms with E-state index in [4.69, 9.17) is 0 Å². The van der Waals surface area contributed by atoms with Crippen molar-refractivity contribution in [3.8, 4) is 0 Å². The number of nitrogens with one attached hydrogen (secondary N) is 3. The van der Waals surface area contributed by atoms with Gasteiger partial charge in [0, 0.05) is 16.9 Å². The smallest absolute Gasteiger partial charge is 0.321 e. The Bertz CT molecular complexity index is 1010. The number of carbonyl (C=O) groups excluding carboxylic acids is 2. The first-order valence-corrected chi connectivity index (χ1v) is 10.4. The summed E-state index contributed by atoms with van der Waals surface area (Å²) < 4.78 is 0. The fourth-order valence-corrected chi connectivity index (χ4v) is 4.16. The molecule has 3 aromatic rings. The molecule has 28 heavy (non-hydrogen) atoms. The van der Waals surface area contributed by atoms with Crippen LogP contribution in [0.3, 0.4) is 0 Å². The van der Waals surface area contributed by atoms with Gasteiger partial charge in [0.25, 0.3) is 0 Å². The number of aromatic amines is 1. The van der Waals surface area contributed by atoms with E-state index in [2.05, 4.69) is 30.8 Å². The number of amides is 3. The van der Waals surface area contributed by atoms with Crippen LogP contribution in [-0.4, -0.2) is 43.4 Å². The second-order valence-corrected chi connectivity index (χ2v) is 8.33. The van der Waals surface area contributed by atoms with Crippen molar-refractivity contribution in [2.24, 2.45) is 0 Å². The van der Waals surface area contributed by atoms with Gasteiger partial charge in [0.1, 0.15) is 5.52 Å². The van der Waals surface area contributed by atoms with Crippen LogP contribution in [0.5, 0.6) is 0 Å². The molecule has 3 N–H and O–H groups in total. The molecule has 1 aromatic carbocycles. The van der Waals surface area contributed by atoms with E-state index in [-0.39, 0.29) is 11.9 Å². The Morgan fingerprint density at radius 3 is 2.79 bits per heavy atom. The van der Waals surface area contributed by atoms with Crippen molar-refractivity contribution in [3.63, 3.8) is 0 Å². The van der Waals surface area contributed by atoms with Crippen molar-refractivity contribution in [2.45, 2.75) is 55.5 Å². The van der Waals surface area contributed by atoms with Gasteiger partial charge in [-0.2, -0.15) is 0 Å². The van der Waals surface area contributed by atoms with Gasteiger partial charge in [-0.3, -0.25) is 10.1 Å². The number of nitrogens with zero attached hydrogens (tertiary/aromatic N) is 3. The average Bonchev–Trinajstić information content (AvgIpc) is 3.06. The minimum absolute atomic E-state index is 0.154. The maximum absolute atomic E-state index is 12.3. The molecular weight excluding hydrogens is 376 g/mol. The maximum atomic E-state index is 12.3. The summed E-state index contributed by atoms with van der Waals surface area (Å²) in [5.74, 6) is -0.376. The van der Waals surface area contributed by atoms with Gasteiger partial charge < -0.3 is 10.3 Å². The lowest BCUT2D eigenvalue weighted by Gasteiger charge is -2.22. The molecule has 3 amide bonds. The number of H-pyrrole nitrogens is 1. The number of para-hydroxylation sites is 1. The second-order valence-electron chi connectivity index (χ2n) is 7.02. The number of fused-ring (bicyclic) bond motifs is 3. The van der Waals surface area contributed by atoms with Crippen LogP contribution in [0.15, 0.2) is 29.4 Å². The number of imide groups is 1. The van der Waals surface area contributed by atoms with Gasteiger partial charge in [-0.25, -0.2) is 9.78 Å². The molecular formula is C19H22N6O2S. The van der Waals surface area contributed by atoms with Gasteiger partial charge in [-0.05, 0) is 25.8 Å². The molecule has 4 rings (SSSR count). The Balaban J connectivity index is 1.38. The number of hydrogen-bond acceptors (Lipinski definition) is 6. The summed E-state index contributed by atoms with van der Waals surface area (Å²) in [6, 6.07) is 7.50. The summed E-state index contributed by atoms with van der Waals surface area (Å²) in [6.45, 7) is 1.71. The topological polar surface area (TPSA) is 113 Å². The van der Waals surface area contributed by atoms with Crippen LogP contribution in [0.2, 0.25) is 0 Å². The molecule has 0 unspecified atom stereocenters. The fourth-order valence-electron chi connectivity index (χ4n) is 3.45. The van der Waals surface area contributed by atoms with Crippen LogP contribution in [0.1, 0.15) is 39.0 Å². The van der Waals surface area contributed by atoms with Crippen molar-refractivity contribution >= 4 is 45.8 Å². The monoisotopic (exact) mass is 398 g/mol. The normalized spacial score (nSPS) is 16.2. The number of carbonyl (C=O) groups is 2. The van der Waals surface area contributed by atoms with Crippen molar-refractivity contribution in [1.82, 2.24) is 30.8 Å². The molecule has 8 nitrogen and oxygen atoms in total. The number of thioether (sulfide) groups is 1. The Morgan fingerprint density at radius 2 is 1.96 bits per heavy atom. The molecule has 2 heterocycles. The van der Waals surface area contributed by atoms with Crippen molar-refractivity contribution in [1.29, 1.82) is 0 Å². The zero-order chi connectivity index (χ0) is 19.5. The van der Waals surface area contributed by atoms with E-state index < -0.39 is 11.3 Å². The van der Waals surface area contributed by atoms with Crippen LogP contribution < -0.4 is 10.6 Å². The molecule has 1 fully saturated rings. The molecule has 0 saturated heterocycles. The van der Waals surface area contributed by atoms with Crippen LogP contribution >= 0.6 is 11.8 Å². The Kier molecular flexibility index (Phi) is 5.43. The molecule has 1 aliphatic carbocycles. The number of urea groups is 1. The highest BCUT2D eigenvalue weighted by Gasteiger charge is 2.21. The van der Waals surface area contributed by atoms with Crippen LogP contribution in [0.4, 0.5) is 4.79 Å². The average molecular weight is 398 g/mol. The van der Waals surface area contributed by atoms with E-state index in [0.29, 0.717) is 16.3 Å². The Hall–Kier alpha value is -2.68. The van der Waals surface area contributed by atoms with Crippen molar-refractivity contribution < 1.29 is 9.59 Å². The summed E-state index contributed by atoms with van der Waals surface area (Å²) >= 11 is 1.17. The molecule has 1 atom stereocenters. The van der Waals surface area contributed by atoms with Gasteiger partial charge >= 0.3 is 6.03 Å². The second kappa shape index (κ2) is 8.14.